The van der Waals surface area contributed by atoms with E-state index in [2.05, 4.69) is 10.3 Å². The zero-order chi connectivity index (χ0) is 18.4. The fraction of sp³-hybridized carbons (Fsp3) is 0.190. The van der Waals surface area contributed by atoms with Gasteiger partial charge < -0.3 is 10.2 Å². The summed E-state index contributed by atoms with van der Waals surface area (Å²) in [6, 6.07) is 19.3. The van der Waals surface area contributed by atoms with Crippen molar-refractivity contribution in [3.05, 3.63) is 72.4 Å². The van der Waals surface area contributed by atoms with Gasteiger partial charge in [-0.3, -0.25) is 14.6 Å². The molecule has 1 aromatic heterocycles. The minimum atomic E-state index is -0.230. The first-order valence-corrected chi connectivity index (χ1v) is 8.56. The maximum Gasteiger partial charge on any atom is 0.244 e. The topological polar surface area (TPSA) is 62.3 Å². The van der Waals surface area contributed by atoms with Crippen LogP contribution < -0.4 is 5.32 Å². The number of carbonyl (C=O) groups is 2. The number of nitrogens with zero attached hydrogens (tertiary/aromatic N) is 2. The molecule has 2 aromatic carbocycles. The second-order valence-electron chi connectivity index (χ2n) is 6.11. The van der Waals surface area contributed by atoms with Gasteiger partial charge in [0.1, 0.15) is 0 Å². The molecule has 0 spiro atoms. The Morgan fingerprint density at radius 2 is 1.77 bits per heavy atom. The Hall–Kier alpha value is -3.21. The molecule has 0 aliphatic carbocycles. The van der Waals surface area contributed by atoms with Crippen LogP contribution in [0.2, 0.25) is 0 Å². The molecule has 3 aromatic rings. The van der Waals surface area contributed by atoms with Crippen molar-refractivity contribution in [2.45, 2.75) is 13.3 Å². The molecule has 0 fully saturated rings. The molecule has 5 nitrogen and oxygen atoms in total. The molecule has 26 heavy (non-hydrogen) atoms. The van der Waals surface area contributed by atoms with Gasteiger partial charge in [0, 0.05) is 25.1 Å². The molecule has 1 N–H and O–H groups in total. The summed E-state index contributed by atoms with van der Waals surface area (Å²) in [5, 5.41) is 3.83. The molecule has 0 aliphatic heterocycles. The molecule has 0 radical (unpaired) electrons. The highest BCUT2D eigenvalue weighted by molar-refractivity contribution is 6.01. The minimum absolute atomic E-state index is 0.0192. The number of anilines is 1. The summed E-state index contributed by atoms with van der Waals surface area (Å²) in [6.45, 7) is 2.00. The number of aromatic nitrogens is 1. The molecular weight excluding hydrogens is 326 g/mol. The smallest absolute Gasteiger partial charge is 0.244 e. The maximum atomic E-state index is 12.4. The predicted molar refractivity (Wildman–Crippen MR) is 103 cm³/mol. The lowest BCUT2D eigenvalue weighted by molar-refractivity contribution is -0.132. The van der Waals surface area contributed by atoms with Crippen LogP contribution >= 0.6 is 0 Å². The number of amides is 2. The molecule has 1 heterocycles. The Kier molecular flexibility index (Phi) is 5.59. The second-order valence-corrected chi connectivity index (χ2v) is 6.11. The third kappa shape index (κ3) is 4.45. The fourth-order valence-corrected chi connectivity index (χ4v) is 2.82. The number of hydrogen-bond donors (Lipinski definition) is 1. The molecule has 5 heteroatoms. The maximum absolute atomic E-state index is 12.4. The van der Waals surface area contributed by atoms with Crippen LogP contribution in [0.4, 0.5) is 5.69 Å². The van der Waals surface area contributed by atoms with Gasteiger partial charge in [-0.25, -0.2) is 0 Å². The predicted octanol–water partition coefficient (Wildman–Crippen LogP) is 3.26. The lowest BCUT2D eigenvalue weighted by atomic mass is 10.1. The second kappa shape index (κ2) is 8.25. The summed E-state index contributed by atoms with van der Waals surface area (Å²) in [7, 11) is 0. The summed E-state index contributed by atoms with van der Waals surface area (Å²) in [5.74, 6) is -0.349. The largest absolute Gasteiger partial charge is 0.333 e. The Morgan fingerprint density at radius 3 is 2.54 bits per heavy atom. The number of rotatable bonds is 6. The van der Waals surface area contributed by atoms with Gasteiger partial charge in [-0.2, -0.15) is 0 Å². The van der Waals surface area contributed by atoms with Crippen molar-refractivity contribution in [1.82, 2.24) is 9.88 Å². The van der Waals surface area contributed by atoms with Gasteiger partial charge in [-0.1, -0.05) is 48.5 Å². The van der Waals surface area contributed by atoms with E-state index in [0.717, 1.165) is 16.5 Å². The number of benzene rings is 2. The van der Waals surface area contributed by atoms with E-state index in [9.17, 15) is 9.59 Å². The zero-order valence-corrected chi connectivity index (χ0v) is 14.7. The Labute approximate surface area is 152 Å². The van der Waals surface area contributed by atoms with Crippen molar-refractivity contribution < 1.29 is 9.59 Å². The highest BCUT2D eigenvalue weighted by Crippen LogP contribution is 2.20. The number of para-hydroxylation sites is 1. The SMILES string of the molecule is CC(=O)N(CCc1ccccc1)CC(=O)Nc1cccc2cccnc12. The van der Waals surface area contributed by atoms with Gasteiger partial charge in [-0.15, -0.1) is 0 Å². The van der Waals surface area contributed by atoms with Gasteiger partial charge in [0.25, 0.3) is 0 Å². The fourth-order valence-electron chi connectivity index (χ4n) is 2.82. The first-order chi connectivity index (χ1) is 12.6. The van der Waals surface area contributed by atoms with E-state index < -0.39 is 0 Å². The van der Waals surface area contributed by atoms with Crippen molar-refractivity contribution >= 4 is 28.4 Å². The van der Waals surface area contributed by atoms with Crippen LogP contribution in [-0.4, -0.2) is 34.8 Å². The Morgan fingerprint density at radius 1 is 1.00 bits per heavy atom. The number of nitrogens with one attached hydrogen (secondary N) is 1. The van der Waals surface area contributed by atoms with Gasteiger partial charge >= 0.3 is 0 Å². The summed E-state index contributed by atoms with van der Waals surface area (Å²) >= 11 is 0. The normalized spacial score (nSPS) is 10.5. The van der Waals surface area contributed by atoms with Gasteiger partial charge in [0.2, 0.25) is 11.8 Å². The molecule has 0 bridgehead atoms. The molecule has 3 rings (SSSR count). The van der Waals surface area contributed by atoms with Crippen molar-refractivity contribution in [2.75, 3.05) is 18.4 Å². The van der Waals surface area contributed by atoms with Crippen molar-refractivity contribution in [1.29, 1.82) is 0 Å². The lowest BCUT2D eigenvalue weighted by Gasteiger charge is -2.20. The standard InChI is InChI=1S/C21H21N3O2/c1-16(25)24(14-12-17-7-3-2-4-8-17)15-20(26)23-19-11-5-9-18-10-6-13-22-21(18)19/h2-11,13H,12,14-15H2,1H3,(H,23,26). The van der Waals surface area contributed by atoms with Crippen LogP contribution in [0.1, 0.15) is 12.5 Å². The third-order valence-electron chi connectivity index (χ3n) is 4.20. The number of pyridine rings is 1. The highest BCUT2D eigenvalue weighted by atomic mass is 16.2. The summed E-state index contributed by atoms with van der Waals surface area (Å²) in [6.07, 6.45) is 2.41. The van der Waals surface area contributed by atoms with E-state index in [1.54, 1.807) is 11.1 Å². The van der Waals surface area contributed by atoms with Crippen molar-refractivity contribution in [3.63, 3.8) is 0 Å². The summed E-state index contributed by atoms with van der Waals surface area (Å²) in [4.78, 5) is 30.2. The minimum Gasteiger partial charge on any atom is -0.333 e. The van der Waals surface area contributed by atoms with E-state index in [-0.39, 0.29) is 18.4 Å². The lowest BCUT2D eigenvalue weighted by Crippen LogP contribution is -2.38. The van der Waals surface area contributed by atoms with Crippen molar-refractivity contribution in [2.24, 2.45) is 0 Å². The summed E-state index contributed by atoms with van der Waals surface area (Å²) in [5.41, 5.74) is 2.53. The molecule has 2 amide bonds. The molecule has 132 valence electrons. The van der Waals surface area contributed by atoms with Gasteiger partial charge in [-0.05, 0) is 24.1 Å². The van der Waals surface area contributed by atoms with E-state index in [1.807, 2.05) is 60.7 Å². The van der Waals surface area contributed by atoms with Gasteiger partial charge in [0.05, 0.1) is 17.7 Å². The molecule has 0 aliphatic rings. The van der Waals surface area contributed by atoms with Crippen LogP contribution in [-0.2, 0) is 16.0 Å². The number of carbonyl (C=O) groups excluding carboxylic acids is 2. The Bertz CT molecular complexity index is 904. The molecule has 0 unspecified atom stereocenters. The molecular formula is C21H21N3O2. The van der Waals surface area contributed by atoms with E-state index in [4.69, 9.17) is 0 Å². The zero-order valence-electron chi connectivity index (χ0n) is 14.7. The third-order valence-corrected chi connectivity index (χ3v) is 4.20. The van der Waals surface area contributed by atoms with Crippen LogP contribution in [0.25, 0.3) is 10.9 Å². The van der Waals surface area contributed by atoms with Crippen LogP contribution in [0.15, 0.2) is 66.9 Å². The van der Waals surface area contributed by atoms with E-state index in [0.29, 0.717) is 18.7 Å². The van der Waals surface area contributed by atoms with E-state index >= 15 is 0 Å². The van der Waals surface area contributed by atoms with Crippen LogP contribution in [0, 0.1) is 0 Å². The van der Waals surface area contributed by atoms with Gasteiger partial charge in [0.15, 0.2) is 0 Å². The molecule has 0 saturated heterocycles. The molecule has 0 atom stereocenters. The molecule has 0 saturated carbocycles. The quantitative estimate of drug-likeness (QED) is 0.744. The average molecular weight is 347 g/mol. The first kappa shape index (κ1) is 17.6. The van der Waals surface area contributed by atoms with Crippen LogP contribution in [0.3, 0.4) is 0 Å². The van der Waals surface area contributed by atoms with Crippen molar-refractivity contribution in [3.8, 4) is 0 Å². The Balaban J connectivity index is 1.65. The average Bonchev–Trinajstić information content (AvgIpc) is 2.66. The highest BCUT2D eigenvalue weighted by Gasteiger charge is 2.14. The van der Waals surface area contributed by atoms with Crippen LogP contribution in [0.5, 0.6) is 0 Å². The number of hydrogen-bond acceptors (Lipinski definition) is 3. The number of fused-ring (bicyclic) bond motifs is 1. The first-order valence-electron chi connectivity index (χ1n) is 8.56. The monoisotopic (exact) mass is 347 g/mol. The summed E-state index contributed by atoms with van der Waals surface area (Å²) < 4.78 is 0. The van der Waals surface area contributed by atoms with E-state index in [1.165, 1.54) is 6.92 Å².